The molecule has 0 radical (unpaired) electrons. The molecule has 1 aromatic carbocycles. The Bertz CT molecular complexity index is 563. The summed E-state index contributed by atoms with van der Waals surface area (Å²) in [7, 11) is 0. The topological polar surface area (TPSA) is 64.4 Å². The molecule has 1 aromatic heterocycles. The molecule has 1 amide bonds. The largest absolute Gasteiger partial charge is 0.493 e. The maximum absolute atomic E-state index is 12.1. The zero-order valence-corrected chi connectivity index (χ0v) is 11.0. The van der Waals surface area contributed by atoms with E-state index in [0.29, 0.717) is 29.5 Å². The van der Waals surface area contributed by atoms with E-state index < -0.39 is 0 Å². The zero-order valence-electron chi connectivity index (χ0n) is 11.0. The average Bonchev–Trinajstić information content (AvgIpc) is 2.82. The van der Waals surface area contributed by atoms with Gasteiger partial charge in [0.1, 0.15) is 11.5 Å². The van der Waals surface area contributed by atoms with Crippen LogP contribution in [0.2, 0.25) is 0 Å². The highest BCUT2D eigenvalue weighted by Crippen LogP contribution is 2.19. The molecule has 0 saturated heterocycles. The van der Waals surface area contributed by atoms with Crippen LogP contribution in [0.1, 0.15) is 29.5 Å². The molecule has 5 heteroatoms. The molecular weight excluding hydrogens is 244 g/mol. The van der Waals surface area contributed by atoms with Gasteiger partial charge in [-0.1, -0.05) is 24.2 Å². The molecule has 2 aromatic rings. The van der Waals surface area contributed by atoms with Gasteiger partial charge in [0.2, 0.25) is 0 Å². The van der Waals surface area contributed by atoms with Crippen LogP contribution in [0.15, 0.2) is 34.9 Å². The number of hydrogen-bond acceptors (Lipinski definition) is 4. The van der Waals surface area contributed by atoms with E-state index in [4.69, 9.17) is 9.26 Å². The number of carbonyl (C=O) groups is 1. The van der Waals surface area contributed by atoms with E-state index in [1.54, 1.807) is 31.2 Å². The van der Waals surface area contributed by atoms with E-state index in [1.165, 1.54) is 0 Å². The minimum Gasteiger partial charge on any atom is -0.493 e. The summed E-state index contributed by atoms with van der Waals surface area (Å²) in [6.07, 6.45) is 0.887. The molecule has 0 atom stereocenters. The lowest BCUT2D eigenvalue weighted by Crippen LogP contribution is -2.14. The van der Waals surface area contributed by atoms with Crippen LogP contribution < -0.4 is 10.1 Å². The van der Waals surface area contributed by atoms with Crippen molar-refractivity contribution in [2.75, 3.05) is 11.9 Å². The van der Waals surface area contributed by atoms with Crippen molar-refractivity contribution in [1.82, 2.24) is 5.16 Å². The predicted octanol–water partition coefficient (Wildman–Crippen LogP) is 3.02. The van der Waals surface area contributed by atoms with E-state index in [2.05, 4.69) is 10.5 Å². The molecule has 0 bridgehead atoms. The minimum atomic E-state index is -0.264. The van der Waals surface area contributed by atoms with Gasteiger partial charge in [0.25, 0.3) is 5.91 Å². The number of carbonyl (C=O) groups excluding carboxylic acids is 1. The van der Waals surface area contributed by atoms with Crippen LogP contribution in [0.4, 0.5) is 5.82 Å². The Kier molecular flexibility index (Phi) is 4.18. The molecule has 0 spiro atoms. The summed E-state index contributed by atoms with van der Waals surface area (Å²) in [6.45, 7) is 4.36. The quantitative estimate of drug-likeness (QED) is 0.897. The number of hydrogen-bond donors (Lipinski definition) is 1. The summed E-state index contributed by atoms with van der Waals surface area (Å²) in [5, 5.41) is 6.40. The second-order valence-electron chi connectivity index (χ2n) is 4.12. The fourth-order valence-corrected chi connectivity index (χ4v) is 1.60. The number of aromatic nitrogens is 1. The van der Waals surface area contributed by atoms with Crippen molar-refractivity contribution in [3.63, 3.8) is 0 Å². The van der Waals surface area contributed by atoms with Crippen LogP contribution in [0.3, 0.4) is 0 Å². The second-order valence-corrected chi connectivity index (χ2v) is 4.12. The highest BCUT2D eigenvalue weighted by atomic mass is 16.5. The predicted molar refractivity (Wildman–Crippen MR) is 71.4 cm³/mol. The number of nitrogens with zero attached hydrogens (tertiary/aromatic N) is 1. The third-order valence-electron chi connectivity index (χ3n) is 2.46. The summed E-state index contributed by atoms with van der Waals surface area (Å²) < 4.78 is 10.4. The van der Waals surface area contributed by atoms with Crippen molar-refractivity contribution in [1.29, 1.82) is 0 Å². The number of benzene rings is 1. The molecule has 0 fully saturated rings. The first-order chi connectivity index (χ1) is 9.20. The Morgan fingerprint density at radius 2 is 2.21 bits per heavy atom. The summed E-state index contributed by atoms with van der Waals surface area (Å²) in [6, 6.07) is 8.78. The number of amides is 1. The fourth-order valence-electron chi connectivity index (χ4n) is 1.60. The SMILES string of the molecule is CCCOc1ccccc1C(=O)Nc1cc(C)on1. The molecule has 2 rings (SSSR count). The van der Waals surface area contributed by atoms with Crippen molar-refractivity contribution in [3.8, 4) is 5.75 Å². The van der Waals surface area contributed by atoms with Crippen LogP contribution in [0.5, 0.6) is 5.75 Å². The standard InChI is InChI=1S/C14H16N2O3/c1-3-8-18-12-7-5-4-6-11(12)14(17)15-13-9-10(2)19-16-13/h4-7,9H,3,8H2,1-2H3,(H,15,16,17). The number of para-hydroxylation sites is 1. The molecule has 0 aliphatic carbocycles. The Balaban J connectivity index is 2.14. The van der Waals surface area contributed by atoms with Gasteiger partial charge in [-0.05, 0) is 25.5 Å². The maximum Gasteiger partial charge on any atom is 0.260 e. The third-order valence-corrected chi connectivity index (χ3v) is 2.46. The van der Waals surface area contributed by atoms with Crippen molar-refractivity contribution < 1.29 is 14.1 Å². The molecule has 0 aliphatic rings. The average molecular weight is 260 g/mol. The number of aryl methyl sites for hydroxylation is 1. The molecule has 0 aliphatic heterocycles. The van der Waals surface area contributed by atoms with E-state index in [0.717, 1.165) is 6.42 Å². The number of ether oxygens (including phenoxy) is 1. The Morgan fingerprint density at radius 1 is 1.42 bits per heavy atom. The second kappa shape index (κ2) is 6.04. The molecule has 1 heterocycles. The van der Waals surface area contributed by atoms with E-state index in [-0.39, 0.29) is 5.91 Å². The Labute approximate surface area is 111 Å². The van der Waals surface area contributed by atoms with Gasteiger partial charge in [0, 0.05) is 6.07 Å². The molecule has 0 unspecified atom stereocenters. The number of rotatable bonds is 5. The van der Waals surface area contributed by atoms with Gasteiger partial charge in [0.05, 0.1) is 12.2 Å². The molecule has 1 N–H and O–H groups in total. The maximum atomic E-state index is 12.1. The van der Waals surface area contributed by atoms with Crippen LogP contribution in [-0.4, -0.2) is 17.7 Å². The van der Waals surface area contributed by atoms with Crippen LogP contribution >= 0.6 is 0 Å². The highest BCUT2D eigenvalue weighted by Gasteiger charge is 2.13. The van der Waals surface area contributed by atoms with Crippen LogP contribution in [0.25, 0.3) is 0 Å². The molecular formula is C14H16N2O3. The lowest BCUT2D eigenvalue weighted by Gasteiger charge is -2.09. The van der Waals surface area contributed by atoms with Crippen LogP contribution in [0, 0.1) is 6.92 Å². The van der Waals surface area contributed by atoms with Crippen molar-refractivity contribution >= 4 is 11.7 Å². The molecule has 19 heavy (non-hydrogen) atoms. The summed E-state index contributed by atoms with van der Waals surface area (Å²) >= 11 is 0. The van der Waals surface area contributed by atoms with Gasteiger partial charge < -0.3 is 14.6 Å². The lowest BCUT2D eigenvalue weighted by atomic mass is 10.2. The van der Waals surface area contributed by atoms with Crippen molar-refractivity contribution in [2.24, 2.45) is 0 Å². The highest BCUT2D eigenvalue weighted by molar-refractivity contribution is 6.05. The first kappa shape index (κ1) is 13.1. The van der Waals surface area contributed by atoms with E-state index in [1.807, 2.05) is 13.0 Å². The van der Waals surface area contributed by atoms with Gasteiger partial charge in [-0.3, -0.25) is 4.79 Å². The van der Waals surface area contributed by atoms with Gasteiger partial charge >= 0.3 is 0 Å². The van der Waals surface area contributed by atoms with Gasteiger partial charge in [-0.15, -0.1) is 0 Å². The fraction of sp³-hybridized carbons (Fsp3) is 0.286. The van der Waals surface area contributed by atoms with E-state index >= 15 is 0 Å². The smallest absolute Gasteiger partial charge is 0.260 e. The zero-order chi connectivity index (χ0) is 13.7. The van der Waals surface area contributed by atoms with Gasteiger partial charge in [-0.25, -0.2) is 0 Å². The van der Waals surface area contributed by atoms with Crippen LogP contribution in [-0.2, 0) is 0 Å². The Morgan fingerprint density at radius 3 is 2.89 bits per heavy atom. The van der Waals surface area contributed by atoms with Crippen molar-refractivity contribution in [3.05, 3.63) is 41.7 Å². The summed E-state index contributed by atoms with van der Waals surface area (Å²) in [5.41, 5.74) is 0.483. The number of anilines is 1. The van der Waals surface area contributed by atoms with E-state index in [9.17, 15) is 4.79 Å². The Hall–Kier alpha value is -2.30. The first-order valence-electron chi connectivity index (χ1n) is 6.17. The van der Waals surface area contributed by atoms with Gasteiger partial charge in [-0.2, -0.15) is 0 Å². The third kappa shape index (κ3) is 3.34. The monoisotopic (exact) mass is 260 g/mol. The summed E-state index contributed by atoms with van der Waals surface area (Å²) in [4.78, 5) is 12.1. The summed E-state index contributed by atoms with van der Waals surface area (Å²) in [5.74, 6) is 1.35. The minimum absolute atomic E-state index is 0.264. The van der Waals surface area contributed by atoms with Crippen molar-refractivity contribution in [2.45, 2.75) is 20.3 Å². The molecule has 0 saturated carbocycles. The molecule has 100 valence electrons. The first-order valence-corrected chi connectivity index (χ1v) is 6.17. The normalized spacial score (nSPS) is 10.2. The number of nitrogens with one attached hydrogen (secondary N) is 1. The molecule has 5 nitrogen and oxygen atoms in total. The van der Waals surface area contributed by atoms with Gasteiger partial charge in [0.15, 0.2) is 5.82 Å². The lowest BCUT2D eigenvalue weighted by molar-refractivity contribution is 0.102.